The summed E-state index contributed by atoms with van der Waals surface area (Å²) in [4.78, 5) is 16.1. The smallest absolute Gasteiger partial charge is 0.173 e. The molecule has 1 aromatic heterocycles. The minimum atomic E-state index is 0.171. The van der Waals surface area contributed by atoms with Crippen molar-refractivity contribution in [2.75, 3.05) is 5.75 Å². The molecule has 0 atom stereocenters. The predicted octanol–water partition coefficient (Wildman–Crippen LogP) is 3.00. The molecule has 92 valence electrons. The summed E-state index contributed by atoms with van der Waals surface area (Å²) in [7, 11) is 0. The molecule has 0 N–H and O–H groups in total. The zero-order chi connectivity index (χ0) is 12.4. The van der Waals surface area contributed by atoms with E-state index in [-0.39, 0.29) is 5.78 Å². The number of hydrogen-bond donors (Lipinski definition) is 0. The van der Waals surface area contributed by atoms with Crippen LogP contribution in [0.5, 0.6) is 0 Å². The van der Waals surface area contributed by atoms with Crippen molar-refractivity contribution in [3.8, 4) is 0 Å². The number of benzene rings is 1. The van der Waals surface area contributed by atoms with E-state index in [1.54, 1.807) is 0 Å². The molecule has 0 bridgehead atoms. The van der Waals surface area contributed by atoms with Crippen LogP contribution >= 0.6 is 23.3 Å². The minimum Gasteiger partial charge on any atom is -0.293 e. The van der Waals surface area contributed by atoms with Gasteiger partial charge in [0.25, 0.3) is 0 Å². The fraction of sp³-hybridized carbons (Fsp3) is 0.308. The van der Waals surface area contributed by atoms with Crippen molar-refractivity contribution in [3.05, 3.63) is 41.2 Å². The largest absolute Gasteiger partial charge is 0.293 e. The molecule has 0 aliphatic heterocycles. The Morgan fingerprint density at radius 1 is 1.33 bits per heavy atom. The third kappa shape index (κ3) is 2.47. The quantitative estimate of drug-likeness (QED) is 0.636. The molecule has 3 rings (SSSR count). The van der Waals surface area contributed by atoms with Gasteiger partial charge in [-0.1, -0.05) is 23.9 Å². The predicted molar refractivity (Wildman–Crippen MR) is 73.4 cm³/mol. The van der Waals surface area contributed by atoms with Crippen LogP contribution in [0, 0.1) is 0 Å². The number of carbonyl (C=O) groups excluding carboxylic acids is 1. The zero-order valence-electron chi connectivity index (χ0n) is 9.76. The van der Waals surface area contributed by atoms with E-state index in [1.807, 2.05) is 6.07 Å². The summed E-state index contributed by atoms with van der Waals surface area (Å²) in [6.07, 6.45) is 5.00. The van der Waals surface area contributed by atoms with Crippen LogP contribution in [0.1, 0.15) is 27.9 Å². The summed E-state index contributed by atoms with van der Waals surface area (Å²) in [5, 5.41) is 0. The highest BCUT2D eigenvalue weighted by molar-refractivity contribution is 8.01. The highest BCUT2D eigenvalue weighted by Gasteiger charge is 2.14. The van der Waals surface area contributed by atoms with Gasteiger partial charge in [-0.05, 0) is 48.0 Å². The number of fused-ring (bicyclic) bond motifs is 1. The molecule has 0 fully saturated rings. The van der Waals surface area contributed by atoms with Crippen molar-refractivity contribution >= 4 is 29.1 Å². The summed E-state index contributed by atoms with van der Waals surface area (Å²) in [6, 6.07) is 6.11. The van der Waals surface area contributed by atoms with Gasteiger partial charge in [0.1, 0.15) is 6.33 Å². The number of ketones is 1. The number of nitrogens with zero attached hydrogens (tertiary/aromatic N) is 2. The maximum Gasteiger partial charge on any atom is 0.173 e. The Bertz CT molecular complexity index is 566. The summed E-state index contributed by atoms with van der Waals surface area (Å²) < 4.78 is 4.77. The van der Waals surface area contributed by atoms with E-state index in [2.05, 4.69) is 21.5 Å². The molecule has 18 heavy (non-hydrogen) atoms. The SMILES string of the molecule is O=C(CSc1ncns1)c1ccc2c(c1)CCC2. The Hall–Kier alpha value is -1.20. The molecule has 1 aliphatic carbocycles. The molecule has 0 amide bonds. The van der Waals surface area contributed by atoms with E-state index in [1.165, 1.54) is 47.2 Å². The monoisotopic (exact) mass is 276 g/mol. The van der Waals surface area contributed by atoms with Gasteiger partial charge < -0.3 is 0 Å². The van der Waals surface area contributed by atoms with Crippen LogP contribution < -0.4 is 0 Å². The summed E-state index contributed by atoms with van der Waals surface area (Å²) in [5.41, 5.74) is 3.58. The van der Waals surface area contributed by atoms with Crippen molar-refractivity contribution in [2.24, 2.45) is 0 Å². The van der Waals surface area contributed by atoms with Gasteiger partial charge in [0.15, 0.2) is 10.1 Å². The Balaban J connectivity index is 1.69. The zero-order valence-corrected chi connectivity index (χ0v) is 11.4. The average molecular weight is 276 g/mol. The standard InChI is InChI=1S/C13H12N2OS2/c16-12(7-17-13-14-8-15-18-13)11-5-4-9-2-1-3-10(9)6-11/h4-6,8H,1-3,7H2. The molecule has 0 unspecified atom stereocenters. The maximum absolute atomic E-state index is 12.1. The van der Waals surface area contributed by atoms with Gasteiger partial charge in [-0.3, -0.25) is 4.79 Å². The average Bonchev–Trinajstić information content (AvgIpc) is 3.05. The van der Waals surface area contributed by atoms with Crippen molar-refractivity contribution in [1.82, 2.24) is 9.36 Å². The van der Waals surface area contributed by atoms with Gasteiger partial charge in [0, 0.05) is 5.56 Å². The second-order valence-corrected chi connectivity index (χ2v) is 6.26. The molecule has 1 aliphatic rings. The van der Waals surface area contributed by atoms with E-state index >= 15 is 0 Å². The number of Topliss-reactive ketones (excluding diaryl/α,β-unsaturated/α-hetero) is 1. The lowest BCUT2D eigenvalue weighted by molar-refractivity contribution is 0.102. The first kappa shape index (κ1) is 11.9. The number of aromatic nitrogens is 2. The first-order valence-corrected chi connectivity index (χ1v) is 7.63. The number of hydrogen-bond acceptors (Lipinski definition) is 5. The third-order valence-corrected chi connectivity index (χ3v) is 4.89. The lowest BCUT2D eigenvalue weighted by atomic mass is 10.0. The van der Waals surface area contributed by atoms with Crippen molar-refractivity contribution < 1.29 is 4.79 Å². The molecule has 0 saturated heterocycles. The van der Waals surface area contributed by atoms with E-state index < -0.39 is 0 Å². The molecule has 0 spiro atoms. The van der Waals surface area contributed by atoms with E-state index in [4.69, 9.17) is 0 Å². The van der Waals surface area contributed by atoms with Crippen molar-refractivity contribution in [3.63, 3.8) is 0 Å². The number of aryl methyl sites for hydroxylation is 2. The van der Waals surface area contributed by atoms with Crippen LogP contribution in [0.3, 0.4) is 0 Å². The minimum absolute atomic E-state index is 0.171. The molecule has 0 radical (unpaired) electrons. The number of carbonyl (C=O) groups is 1. The fourth-order valence-corrected chi connectivity index (χ4v) is 3.52. The first-order valence-electron chi connectivity index (χ1n) is 5.87. The Morgan fingerprint density at radius 2 is 2.22 bits per heavy atom. The maximum atomic E-state index is 12.1. The molecule has 2 aromatic rings. The molecular formula is C13H12N2OS2. The van der Waals surface area contributed by atoms with E-state index in [9.17, 15) is 4.79 Å². The molecule has 5 heteroatoms. The second-order valence-electron chi connectivity index (χ2n) is 4.26. The molecule has 1 heterocycles. The van der Waals surface area contributed by atoms with Crippen LogP contribution in [-0.2, 0) is 12.8 Å². The van der Waals surface area contributed by atoms with Gasteiger partial charge in [-0.15, -0.1) is 0 Å². The summed E-state index contributed by atoms with van der Waals surface area (Å²) in [6.45, 7) is 0. The molecule has 0 saturated carbocycles. The van der Waals surface area contributed by atoms with Crippen LogP contribution in [0.2, 0.25) is 0 Å². The van der Waals surface area contributed by atoms with Gasteiger partial charge >= 0.3 is 0 Å². The molecule has 3 nitrogen and oxygen atoms in total. The Kier molecular flexibility index (Phi) is 3.43. The lowest BCUT2D eigenvalue weighted by Crippen LogP contribution is -2.03. The van der Waals surface area contributed by atoms with Gasteiger partial charge in [-0.2, -0.15) is 4.37 Å². The van der Waals surface area contributed by atoms with Crippen molar-refractivity contribution in [2.45, 2.75) is 23.6 Å². The molecular weight excluding hydrogens is 264 g/mol. The van der Waals surface area contributed by atoms with E-state index in [0.717, 1.165) is 22.7 Å². The van der Waals surface area contributed by atoms with Crippen LogP contribution in [0.15, 0.2) is 28.9 Å². The van der Waals surface area contributed by atoms with E-state index in [0.29, 0.717) is 5.75 Å². The topological polar surface area (TPSA) is 42.9 Å². The summed E-state index contributed by atoms with van der Waals surface area (Å²) in [5.74, 6) is 0.610. The number of rotatable bonds is 4. The normalized spacial score (nSPS) is 13.6. The van der Waals surface area contributed by atoms with Gasteiger partial charge in [0.2, 0.25) is 0 Å². The highest BCUT2D eigenvalue weighted by atomic mass is 32.2. The molecule has 1 aromatic carbocycles. The second kappa shape index (κ2) is 5.20. The van der Waals surface area contributed by atoms with Gasteiger partial charge in [0.05, 0.1) is 5.75 Å². The van der Waals surface area contributed by atoms with Crippen LogP contribution in [0.25, 0.3) is 0 Å². The Morgan fingerprint density at radius 3 is 3.06 bits per heavy atom. The first-order chi connectivity index (χ1) is 8.83. The number of thioether (sulfide) groups is 1. The highest BCUT2D eigenvalue weighted by Crippen LogP contribution is 2.24. The summed E-state index contributed by atoms with van der Waals surface area (Å²) >= 11 is 2.79. The fourth-order valence-electron chi connectivity index (χ4n) is 2.18. The Labute approximate surface area is 114 Å². The van der Waals surface area contributed by atoms with Crippen LogP contribution in [0.4, 0.5) is 0 Å². The third-order valence-electron chi connectivity index (χ3n) is 3.09. The lowest BCUT2D eigenvalue weighted by Gasteiger charge is -2.03. The van der Waals surface area contributed by atoms with Crippen LogP contribution in [-0.4, -0.2) is 20.9 Å². The van der Waals surface area contributed by atoms with Gasteiger partial charge in [-0.25, -0.2) is 4.98 Å². The van der Waals surface area contributed by atoms with Crippen molar-refractivity contribution in [1.29, 1.82) is 0 Å².